The maximum Gasteiger partial charge on any atom is 0.307 e. The van der Waals surface area contributed by atoms with Crippen LogP contribution in [0.5, 0.6) is 0 Å². The van der Waals surface area contributed by atoms with Crippen LogP contribution in [-0.4, -0.2) is 16.0 Å². The molecule has 0 radical (unpaired) electrons. The van der Waals surface area contributed by atoms with Gasteiger partial charge in [0.25, 0.3) is 5.69 Å². The van der Waals surface area contributed by atoms with E-state index in [0.717, 1.165) is 5.56 Å². The lowest BCUT2D eigenvalue weighted by Crippen LogP contribution is -1.98. The van der Waals surface area contributed by atoms with Crippen molar-refractivity contribution in [2.24, 2.45) is 5.92 Å². The number of aliphatic carboxylic acids is 1. The predicted octanol–water partition coefficient (Wildman–Crippen LogP) is 1.78. The van der Waals surface area contributed by atoms with E-state index in [1.807, 2.05) is 0 Å². The van der Waals surface area contributed by atoms with Gasteiger partial charge < -0.3 is 5.11 Å². The molecule has 1 aromatic carbocycles. The fourth-order valence-electron chi connectivity index (χ4n) is 1.68. The highest BCUT2D eigenvalue weighted by molar-refractivity contribution is 5.75. The average Bonchev–Trinajstić information content (AvgIpc) is 2.97. The molecule has 5 heteroatoms. The van der Waals surface area contributed by atoms with Crippen LogP contribution in [-0.2, 0) is 4.79 Å². The van der Waals surface area contributed by atoms with Gasteiger partial charge in [-0.3, -0.25) is 14.9 Å². The largest absolute Gasteiger partial charge is 0.481 e. The highest BCUT2D eigenvalue weighted by Gasteiger charge is 2.44. The van der Waals surface area contributed by atoms with Gasteiger partial charge in [-0.1, -0.05) is 12.1 Å². The minimum absolute atomic E-state index is 0.0308. The lowest BCUT2D eigenvalue weighted by Gasteiger charge is -1.97. The number of carboxylic acids is 1. The maximum atomic E-state index is 10.6. The minimum atomic E-state index is -0.793. The zero-order valence-corrected chi connectivity index (χ0v) is 7.79. The SMILES string of the molecule is O=C(O)[C@@H]1C[C@@H]1c1ccc([N+](=O)[O-])cc1. The Morgan fingerprint density at radius 3 is 2.40 bits per heavy atom. The number of benzene rings is 1. The van der Waals surface area contributed by atoms with Crippen LogP contribution >= 0.6 is 0 Å². The van der Waals surface area contributed by atoms with Gasteiger partial charge in [-0.05, 0) is 17.9 Å². The highest BCUT2D eigenvalue weighted by atomic mass is 16.6. The first-order valence-corrected chi connectivity index (χ1v) is 4.57. The van der Waals surface area contributed by atoms with Gasteiger partial charge in [0.1, 0.15) is 0 Å². The highest BCUT2D eigenvalue weighted by Crippen LogP contribution is 2.47. The van der Waals surface area contributed by atoms with E-state index in [1.165, 1.54) is 12.1 Å². The summed E-state index contributed by atoms with van der Waals surface area (Å²) in [5.74, 6) is -1.08. The van der Waals surface area contributed by atoms with Crippen LogP contribution < -0.4 is 0 Å². The number of nitrogens with zero attached hydrogens (tertiary/aromatic N) is 1. The van der Waals surface area contributed by atoms with E-state index in [9.17, 15) is 14.9 Å². The van der Waals surface area contributed by atoms with Crippen molar-refractivity contribution >= 4 is 11.7 Å². The van der Waals surface area contributed by atoms with Crippen LogP contribution in [0.4, 0.5) is 5.69 Å². The Hall–Kier alpha value is -1.91. The molecule has 1 fully saturated rings. The summed E-state index contributed by atoms with van der Waals surface area (Å²) in [5.41, 5.74) is 0.902. The average molecular weight is 207 g/mol. The molecule has 2 rings (SSSR count). The van der Waals surface area contributed by atoms with Crippen LogP contribution in [0, 0.1) is 16.0 Å². The molecule has 0 heterocycles. The van der Waals surface area contributed by atoms with E-state index in [2.05, 4.69) is 0 Å². The van der Waals surface area contributed by atoms with Crippen molar-refractivity contribution in [1.82, 2.24) is 0 Å². The van der Waals surface area contributed by atoms with E-state index in [1.54, 1.807) is 12.1 Å². The normalized spacial score (nSPS) is 23.5. The molecule has 78 valence electrons. The molecule has 0 bridgehead atoms. The minimum Gasteiger partial charge on any atom is -0.481 e. The molecule has 1 aliphatic rings. The first-order chi connectivity index (χ1) is 7.09. The summed E-state index contributed by atoms with van der Waals surface area (Å²) in [4.78, 5) is 20.5. The van der Waals surface area contributed by atoms with Gasteiger partial charge in [-0.25, -0.2) is 0 Å². The quantitative estimate of drug-likeness (QED) is 0.605. The zero-order chi connectivity index (χ0) is 11.0. The number of non-ortho nitro benzene ring substituents is 1. The number of carbonyl (C=O) groups is 1. The second-order valence-corrected chi connectivity index (χ2v) is 3.64. The number of nitro groups is 1. The maximum absolute atomic E-state index is 10.6. The van der Waals surface area contributed by atoms with Crippen molar-refractivity contribution in [3.05, 3.63) is 39.9 Å². The molecule has 0 aliphatic heterocycles. The molecule has 1 aliphatic carbocycles. The summed E-state index contributed by atoms with van der Waals surface area (Å²) in [5, 5.41) is 19.1. The third kappa shape index (κ3) is 1.81. The summed E-state index contributed by atoms with van der Waals surface area (Å²) in [7, 11) is 0. The van der Waals surface area contributed by atoms with Crippen molar-refractivity contribution in [3.8, 4) is 0 Å². The van der Waals surface area contributed by atoms with Gasteiger partial charge in [-0.15, -0.1) is 0 Å². The monoisotopic (exact) mass is 207 g/mol. The van der Waals surface area contributed by atoms with Crippen molar-refractivity contribution in [1.29, 1.82) is 0 Å². The van der Waals surface area contributed by atoms with E-state index in [4.69, 9.17) is 5.11 Å². The summed E-state index contributed by atoms with van der Waals surface area (Å²) in [6.45, 7) is 0. The molecule has 1 N–H and O–H groups in total. The van der Waals surface area contributed by atoms with Gasteiger partial charge >= 0.3 is 5.97 Å². The fraction of sp³-hybridized carbons (Fsp3) is 0.300. The van der Waals surface area contributed by atoms with Crippen LogP contribution in [0.3, 0.4) is 0 Å². The second kappa shape index (κ2) is 3.34. The Balaban J connectivity index is 2.12. The number of nitro benzene ring substituents is 1. The molecular weight excluding hydrogens is 198 g/mol. The second-order valence-electron chi connectivity index (χ2n) is 3.64. The van der Waals surface area contributed by atoms with E-state index < -0.39 is 10.9 Å². The summed E-state index contributed by atoms with van der Waals surface area (Å²) in [6.07, 6.45) is 0.632. The lowest BCUT2D eigenvalue weighted by molar-refractivity contribution is -0.384. The smallest absolute Gasteiger partial charge is 0.307 e. The Kier molecular flexibility index (Phi) is 2.15. The zero-order valence-electron chi connectivity index (χ0n) is 7.79. The first-order valence-electron chi connectivity index (χ1n) is 4.57. The van der Waals surface area contributed by atoms with Crippen LogP contribution in [0.1, 0.15) is 17.9 Å². The molecule has 1 saturated carbocycles. The molecule has 0 amide bonds. The van der Waals surface area contributed by atoms with E-state index >= 15 is 0 Å². The van der Waals surface area contributed by atoms with Crippen LogP contribution in [0.2, 0.25) is 0 Å². The van der Waals surface area contributed by atoms with Crippen LogP contribution in [0.15, 0.2) is 24.3 Å². The van der Waals surface area contributed by atoms with Gasteiger partial charge in [0.05, 0.1) is 10.8 Å². The number of carboxylic acid groups (broad SMARTS) is 1. The van der Waals surface area contributed by atoms with Crippen molar-refractivity contribution in [3.63, 3.8) is 0 Å². The van der Waals surface area contributed by atoms with Gasteiger partial charge in [-0.2, -0.15) is 0 Å². The third-order valence-electron chi connectivity index (χ3n) is 2.64. The lowest BCUT2D eigenvalue weighted by atomic mass is 10.1. The Morgan fingerprint density at radius 1 is 1.40 bits per heavy atom. The molecule has 0 saturated heterocycles. The predicted molar refractivity (Wildman–Crippen MR) is 51.6 cm³/mol. The van der Waals surface area contributed by atoms with Gasteiger partial charge in [0.15, 0.2) is 0 Å². The van der Waals surface area contributed by atoms with Crippen LogP contribution in [0.25, 0.3) is 0 Å². The Labute approximate surface area is 85.5 Å². The van der Waals surface area contributed by atoms with E-state index in [0.29, 0.717) is 6.42 Å². The molecule has 0 spiro atoms. The standard InChI is InChI=1S/C10H9NO4/c12-10(13)9-5-8(9)6-1-3-7(4-2-6)11(14)15/h1-4,8-9H,5H2,(H,12,13)/t8-,9-/m1/s1. The molecule has 1 aromatic rings. The molecule has 0 unspecified atom stereocenters. The fourth-order valence-corrected chi connectivity index (χ4v) is 1.68. The Bertz CT molecular complexity index is 412. The molecule has 2 atom stereocenters. The molecule has 15 heavy (non-hydrogen) atoms. The van der Waals surface area contributed by atoms with E-state index in [-0.39, 0.29) is 17.5 Å². The first kappa shape index (κ1) is 9.64. The number of rotatable bonds is 3. The van der Waals surface area contributed by atoms with Crippen molar-refractivity contribution < 1.29 is 14.8 Å². The summed E-state index contributed by atoms with van der Waals surface area (Å²) >= 11 is 0. The van der Waals surface area contributed by atoms with Gasteiger partial charge in [0.2, 0.25) is 0 Å². The van der Waals surface area contributed by atoms with Crippen molar-refractivity contribution in [2.45, 2.75) is 12.3 Å². The topological polar surface area (TPSA) is 80.4 Å². The summed E-state index contributed by atoms with van der Waals surface area (Å²) < 4.78 is 0. The number of hydrogen-bond acceptors (Lipinski definition) is 3. The van der Waals surface area contributed by atoms with Crippen molar-refractivity contribution in [2.75, 3.05) is 0 Å². The third-order valence-corrected chi connectivity index (χ3v) is 2.64. The molecule has 0 aromatic heterocycles. The van der Waals surface area contributed by atoms with Gasteiger partial charge in [0, 0.05) is 12.1 Å². The molecular formula is C10H9NO4. The summed E-state index contributed by atoms with van der Waals surface area (Å²) in [6, 6.07) is 6.08. The Morgan fingerprint density at radius 2 is 2.00 bits per heavy atom. The molecule has 5 nitrogen and oxygen atoms in total. The number of hydrogen-bond donors (Lipinski definition) is 1.